The lowest BCUT2D eigenvalue weighted by atomic mass is 10.1. The van der Waals surface area contributed by atoms with Gasteiger partial charge in [-0.1, -0.05) is 0 Å². The highest BCUT2D eigenvalue weighted by atomic mass is 16.5. The van der Waals surface area contributed by atoms with Gasteiger partial charge in [-0.05, 0) is 19.3 Å². The molecule has 0 radical (unpaired) electrons. The van der Waals surface area contributed by atoms with Gasteiger partial charge in [0, 0.05) is 18.5 Å². The molecular formula is C10H14N2O3. The Morgan fingerprint density at radius 3 is 3.20 bits per heavy atom. The van der Waals surface area contributed by atoms with E-state index < -0.39 is 5.97 Å². The molecule has 1 atom stereocenters. The molecule has 0 amide bonds. The Balaban J connectivity index is 2.02. The van der Waals surface area contributed by atoms with Gasteiger partial charge in [0.1, 0.15) is 11.9 Å². The molecule has 2 rings (SSSR count). The van der Waals surface area contributed by atoms with E-state index in [4.69, 9.17) is 9.84 Å². The molecule has 5 nitrogen and oxygen atoms in total. The van der Waals surface area contributed by atoms with Crippen molar-refractivity contribution in [3.63, 3.8) is 0 Å². The van der Waals surface area contributed by atoms with Gasteiger partial charge in [-0.15, -0.1) is 0 Å². The van der Waals surface area contributed by atoms with Crippen molar-refractivity contribution in [1.29, 1.82) is 0 Å². The van der Waals surface area contributed by atoms with Crippen LogP contribution in [-0.2, 0) is 16.0 Å². The fourth-order valence-electron chi connectivity index (χ4n) is 1.75. The number of aromatic nitrogens is 2. The summed E-state index contributed by atoms with van der Waals surface area (Å²) in [6, 6.07) is 0. The Kier molecular flexibility index (Phi) is 3.01. The molecule has 0 bridgehead atoms. The molecule has 5 heteroatoms. The van der Waals surface area contributed by atoms with E-state index in [9.17, 15) is 4.79 Å². The van der Waals surface area contributed by atoms with Gasteiger partial charge in [0.15, 0.2) is 0 Å². The van der Waals surface area contributed by atoms with Crippen molar-refractivity contribution in [3.8, 4) is 0 Å². The zero-order valence-electron chi connectivity index (χ0n) is 8.40. The number of nitrogens with zero attached hydrogens (tertiary/aromatic N) is 1. The van der Waals surface area contributed by atoms with Gasteiger partial charge >= 0.3 is 5.97 Å². The van der Waals surface area contributed by atoms with E-state index in [1.54, 1.807) is 6.20 Å². The second-order valence-electron chi connectivity index (χ2n) is 3.72. The molecule has 82 valence electrons. The summed E-state index contributed by atoms with van der Waals surface area (Å²) in [5, 5.41) is 8.61. The second kappa shape index (κ2) is 4.44. The van der Waals surface area contributed by atoms with Crippen LogP contribution in [0.15, 0.2) is 6.20 Å². The van der Waals surface area contributed by atoms with Crippen LogP contribution in [-0.4, -0.2) is 27.7 Å². The van der Waals surface area contributed by atoms with Gasteiger partial charge in [0.25, 0.3) is 0 Å². The molecule has 1 aliphatic rings. The number of carboxylic acids is 1. The Morgan fingerprint density at radius 1 is 1.67 bits per heavy atom. The van der Waals surface area contributed by atoms with Gasteiger partial charge in [0.05, 0.1) is 6.42 Å². The largest absolute Gasteiger partial charge is 0.481 e. The number of aliphatic carboxylic acids is 1. The number of ether oxygens (including phenoxy) is 1. The molecule has 2 heterocycles. The van der Waals surface area contributed by atoms with Crippen LogP contribution in [0.4, 0.5) is 0 Å². The number of hydrogen-bond donors (Lipinski definition) is 2. The van der Waals surface area contributed by atoms with Crippen molar-refractivity contribution in [3.05, 3.63) is 17.7 Å². The summed E-state index contributed by atoms with van der Waals surface area (Å²) < 4.78 is 5.54. The molecule has 0 saturated carbocycles. The number of H-pyrrole nitrogens is 1. The first-order chi connectivity index (χ1) is 7.25. The van der Waals surface area contributed by atoms with Crippen molar-refractivity contribution < 1.29 is 14.6 Å². The minimum atomic E-state index is -0.852. The summed E-state index contributed by atoms with van der Waals surface area (Å²) in [5.74, 6) is -0.0966. The summed E-state index contributed by atoms with van der Waals surface area (Å²) in [6.45, 7) is 0.764. The summed E-state index contributed by atoms with van der Waals surface area (Å²) >= 11 is 0. The minimum Gasteiger partial charge on any atom is -0.481 e. The monoisotopic (exact) mass is 210 g/mol. The first-order valence-corrected chi connectivity index (χ1v) is 5.13. The average molecular weight is 210 g/mol. The SMILES string of the molecule is O=C(O)Cc1cnc(C2CCCCO2)[nH]1. The fourth-order valence-corrected chi connectivity index (χ4v) is 1.75. The Bertz CT molecular complexity index is 342. The fraction of sp³-hybridized carbons (Fsp3) is 0.600. The van der Waals surface area contributed by atoms with E-state index in [-0.39, 0.29) is 12.5 Å². The quantitative estimate of drug-likeness (QED) is 0.788. The van der Waals surface area contributed by atoms with E-state index in [1.807, 2.05) is 0 Å². The molecule has 1 aliphatic heterocycles. The smallest absolute Gasteiger partial charge is 0.309 e. The van der Waals surface area contributed by atoms with Crippen LogP contribution >= 0.6 is 0 Å². The number of imidazole rings is 1. The molecule has 1 saturated heterocycles. The molecule has 1 aromatic rings. The number of nitrogens with one attached hydrogen (secondary N) is 1. The summed E-state index contributed by atoms with van der Waals surface area (Å²) in [5.41, 5.74) is 0.631. The third-order valence-electron chi connectivity index (χ3n) is 2.47. The highest BCUT2D eigenvalue weighted by Gasteiger charge is 2.19. The summed E-state index contributed by atoms with van der Waals surface area (Å²) in [7, 11) is 0. The van der Waals surface area contributed by atoms with E-state index in [2.05, 4.69) is 9.97 Å². The topological polar surface area (TPSA) is 75.2 Å². The van der Waals surface area contributed by atoms with Crippen molar-refractivity contribution in [1.82, 2.24) is 9.97 Å². The minimum absolute atomic E-state index is 0.0142. The third-order valence-corrected chi connectivity index (χ3v) is 2.47. The molecule has 1 fully saturated rings. The van der Waals surface area contributed by atoms with E-state index >= 15 is 0 Å². The number of carboxylic acid groups (broad SMARTS) is 1. The van der Waals surface area contributed by atoms with Crippen LogP contribution in [0, 0.1) is 0 Å². The van der Waals surface area contributed by atoms with Gasteiger partial charge in [0.2, 0.25) is 0 Å². The van der Waals surface area contributed by atoms with Gasteiger partial charge in [-0.2, -0.15) is 0 Å². The van der Waals surface area contributed by atoms with E-state index in [0.29, 0.717) is 5.69 Å². The van der Waals surface area contributed by atoms with Crippen LogP contribution in [0.5, 0.6) is 0 Å². The zero-order valence-corrected chi connectivity index (χ0v) is 8.40. The molecule has 1 aromatic heterocycles. The maximum absolute atomic E-state index is 10.5. The predicted octanol–water partition coefficient (Wildman–Crippen LogP) is 1.28. The van der Waals surface area contributed by atoms with E-state index in [1.165, 1.54) is 0 Å². The molecule has 2 N–H and O–H groups in total. The Hall–Kier alpha value is -1.36. The zero-order chi connectivity index (χ0) is 10.7. The highest BCUT2D eigenvalue weighted by Crippen LogP contribution is 2.25. The number of aromatic amines is 1. The molecule has 15 heavy (non-hydrogen) atoms. The average Bonchev–Trinajstić information content (AvgIpc) is 2.67. The summed E-state index contributed by atoms with van der Waals surface area (Å²) in [4.78, 5) is 17.6. The van der Waals surface area contributed by atoms with Crippen LogP contribution in [0.25, 0.3) is 0 Å². The molecule has 1 unspecified atom stereocenters. The van der Waals surface area contributed by atoms with Crippen molar-refractivity contribution >= 4 is 5.97 Å². The van der Waals surface area contributed by atoms with Crippen LogP contribution in [0.1, 0.15) is 36.9 Å². The van der Waals surface area contributed by atoms with Gasteiger partial charge < -0.3 is 14.8 Å². The molecule has 0 aromatic carbocycles. The maximum atomic E-state index is 10.5. The first kappa shape index (κ1) is 10.2. The normalized spacial score (nSPS) is 21.5. The lowest BCUT2D eigenvalue weighted by molar-refractivity contribution is -0.136. The number of carbonyl (C=O) groups is 1. The lowest BCUT2D eigenvalue weighted by Gasteiger charge is -2.20. The van der Waals surface area contributed by atoms with Crippen LogP contribution in [0.3, 0.4) is 0 Å². The second-order valence-corrected chi connectivity index (χ2v) is 3.72. The molecular weight excluding hydrogens is 196 g/mol. The third kappa shape index (κ3) is 2.56. The standard InChI is InChI=1S/C10H14N2O3/c13-9(14)5-7-6-11-10(12-7)8-3-1-2-4-15-8/h6,8H,1-5H2,(H,11,12)(H,13,14). The van der Waals surface area contributed by atoms with Crippen LogP contribution < -0.4 is 0 Å². The van der Waals surface area contributed by atoms with Crippen molar-refractivity contribution in [2.45, 2.75) is 31.8 Å². The molecule has 0 spiro atoms. The maximum Gasteiger partial charge on any atom is 0.309 e. The van der Waals surface area contributed by atoms with Crippen molar-refractivity contribution in [2.75, 3.05) is 6.61 Å². The van der Waals surface area contributed by atoms with Crippen molar-refractivity contribution in [2.24, 2.45) is 0 Å². The van der Waals surface area contributed by atoms with E-state index in [0.717, 1.165) is 31.7 Å². The number of hydrogen-bond acceptors (Lipinski definition) is 3. The van der Waals surface area contributed by atoms with Gasteiger partial charge in [-0.3, -0.25) is 4.79 Å². The molecule has 0 aliphatic carbocycles. The Morgan fingerprint density at radius 2 is 2.53 bits per heavy atom. The predicted molar refractivity (Wildman–Crippen MR) is 52.5 cm³/mol. The van der Waals surface area contributed by atoms with Crippen LogP contribution in [0.2, 0.25) is 0 Å². The highest BCUT2D eigenvalue weighted by molar-refractivity contribution is 5.69. The number of rotatable bonds is 3. The lowest BCUT2D eigenvalue weighted by Crippen LogP contribution is -2.13. The summed E-state index contributed by atoms with van der Waals surface area (Å²) in [6.07, 6.45) is 4.77. The first-order valence-electron chi connectivity index (χ1n) is 5.13. The van der Waals surface area contributed by atoms with Gasteiger partial charge in [-0.25, -0.2) is 4.98 Å². The Labute approximate surface area is 87.5 Å².